The van der Waals surface area contributed by atoms with Gasteiger partial charge < -0.3 is 4.90 Å². The first-order chi connectivity index (χ1) is 14.8. The van der Waals surface area contributed by atoms with E-state index in [-0.39, 0.29) is 10.6 Å². The number of piperazine rings is 1. The lowest BCUT2D eigenvalue weighted by molar-refractivity contribution is -0.384. The minimum atomic E-state index is -3.69. The van der Waals surface area contributed by atoms with Crippen LogP contribution in [0.2, 0.25) is 0 Å². The van der Waals surface area contributed by atoms with E-state index in [1.165, 1.54) is 39.7 Å². The summed E-state index contributed by atoms with van der Waals surface area (Å²) < 4.78 is 27.2. The Morgan fingerprint density at radius 1 is 1.00 bits per heavy atom. The fraction of sp³-hybridized carbons (Fsp3) is 0.286. The van der Waals surface area contributed by atoms with Gasteiger partial charge in [0.2, 0.25) is 10.0 Å². The third-order valence-corrected chi connectivity index (χ3v) is 8.24. The molecule has 0 saturated carbocycles. The highest BCUT2D eigenvalue weighted by Crippen LogP contribution is 2.32. The van der Waals surface area contributed by atoms with Crippen LogP contribution in [0.5, 0.6) is 0 Å². The molecule has 0 amide bonds. The molecule has 0 aliphatic carbocycles. The van der Waals surface area contributed by atoms with Crippen molar-refractivity contribution < 1.29 is 13.3 Å². The first-order valence-electron chi connectivity index (χ1n) is 9.79. The zero-order valence-electron chi connectivity index (χ0n) is 17.2. The molecule has 2 heterocycles. The summed E-state index contributed by atoms with van der Waals surface area (Å²) in [6.07, 6.45) is 0. The summed E-state index contributed by atoms with van der Waals surface area (Å²) in [4.78, 5) is 17.2. The van der Waals surface area contributed by atoms with Crippen LogP contribution in [0.4, 0.5) is 10.8 Å². The Morgan fingerprint density at radius 2 is 1.61 bits per heavy atom. The second-order valence-electron chi connectivity index (χ2n) is 7.42. The summed E-state index contributed by atoms with van der Waals surface area (Å²) >= 11 is 1.56. The number of non-ortho nitro benzene ring substituents is 1. The second kappa shape index (κ2) is 8.37. The number of thiazole rings is 1. The van der Waals surface area contributed by atoms with E-state index in [1.807, 2.05) is 11.4 Å². The normalized spacial score (nSPS) is 15.2. The van der Waals surface area contributed by atoms with Gasteiger partial charge in [0, 0.05) is 49.3 Å². The minimum Gasteiger partial charge on any atom is -0.345 e. The lowest BCUT2D eigenvalue weighted by Gasteiger charge is -2.33. The number of anilines is 1. The molecule has 4 rings (SSSR count). The molecule has 31 heavy (non-hydrogen) atoms. The number of benzene rings is 2. The number of rotatable bonds is 5. The van der Waals surface area contributed by atoms with Gasteiger partial charge in [0.05, 0.1) is 15.5 Å². The molecule has 0 N–H and O–H groups in total. The Morgan fingerprint density at radius 3 is 2.19 bits per heavy atom. The van der Waals surface area contributed by atoms with Crippen molar-refractivity contribution in [3.05, 3.63) is 69.1 Å². The van der Waals surface area contributed by atoms with E-state index < -0.39 is 14.9 Å². The van der Waals surface area contributed by atoms with Crippen molar-refractivity contribution in [3.63, 3.8) is 0 Å². The van der Waals surface area contributed by atoms with Crippen molar-refractivity contribution in [1.82, 2.24) is 9.29 Å². The van der Waals surface area contributed by atoms with Crippen LogP contribution in [0.15, 0.2) is 52.7 Å². The van der Waals surface area contributed by atoms with Crippen molar-refractivity contribution in [2.75, 3.05) is 31.1 Å². The van der Waals surface area contributed by atoms with E-state index >= 15 is 0 Å². The van der Waals surface area contributed by atoms with Crippen LogP contribution in [0, 0.1) is 24.0 Å². The number of nitrogens with zero attached hydrogens (tertiary/aromatic N) is 4. The van der Waals surface area contributed by atoms with E-state index in [0.29, 0.717) is 26.2 Å². The number of aromatic nitrogens is 1. The smallest absolute Gasteiger partial charge is 0.269 e. The maximum absolute atomic E-state index is 12.9. The monoisotopic (exact) mass is 458 g/mol. The minimum absolute atomic E-state index is 0.0677. The Bertz CT molecular complexity index is 1190. The quantitative estimate of drug-likeness (QED) is 0.426. The summed E-state index contributed by atoms with van der Waals surface area (Å²) in [6, 6.07) is 11.2. The zero-order valence-corrected chi connectivity index (χ0v) is 18.8. The van der Waals surface area contributed by atoms with Gasteiger partial charge in [0.15, 0.2) is 5.13 Å². The van der Waals surface area contributed by atoms with Gasteiger partial charge in [0.1, 0.15) is 0 Å². The van der Waals surface area contributed by atoms with Gasteiger partial charge in [-0.3, -0.25) is 10.1 Å². The topological polar surface area (TPSA) is 96.7 Å². The predicted octanol–water partition coefficient (Wildman–Crippen LogP) is 3.85. The maximum atomic E-state index is 12.9. The Kier molecular flexibility index (Phi) is 5.78. The van der Waals surface area contributed by atoms with Crippen LogP contribution in [0.1, 0.15) is 11.1 Å². The molecule has 2 aromatic carbocycles. The Labute approximate surface area is 185 Å². The van der Waals surface area contributed by atoms with Gasteiger partial charge in [-0.1, -0.05) is 18.2 Å². The van der Waals surface area contributed by atoms with E-state index in [4.69, 9.17) is 4.98 Å². The van der Waals surface area contributed by atoms with Crippen LogP contribution in [0.25, 0.3) is 11.3 Å². The molecular formula is C21H22N4O4S2. The molecule has 0 spiro atoms. The van der Waals surface area contributed by atoms with Crippen molar-refractivity contribution in [3.8, 4) is 11.3 Å². The molecule has 0 unspecified atom stereocenters. The van der Waals surface area contributed by atoms with E-state index in [2.05, 4.69) is 30.9 Å². The molecule has 0 radical (unpaired) electrons. The molecule has 3 aromatic rings. The van der Waals surface area contributed by atoms with Crippen molar-refractivity contribution in [2.24, 2.45) is 0 Å². The summed E-state index contributed by atoms with van der Waals surface area (Å²) in [5.41, 5.74) is 4.31. The van der Waals surface area contributed by atoms with Crippen molar-refractivity contribution in [1.29, 1.82) is 0 Å². The average Bonchev–Trinajstić information content (AvgIpc) is 3.23. The SMILES string of the molecule is Cc1cccc(C)c1-c1csc(N2CCN(S(=O)(=O)c3ccc([N+](=O)[O-])cc3)CC2)n1. The van der Waals surface area contributed by atoms with Gasteiger partial charge in [0.25, 0.3) is 5.69 Å². The van der Waals surface area contributed by atoms with Crippen LogP contribution in [-0.4, -0.2) is 48.8 Å². The van der Waals surface area contributed by atoms with Crippen LogP contribution < -0.4 is 4.90 Å². The summed E-state index contributed by atoms with van der Waals surface area (Å²) in [6.45, 7) is 5.87. The molecule has 1 aliphatic heterocycles. The highest BCUT2D eigenvalue weighted by Gasteiger charge is 2.30. The number of aryl methyl sites for hydroxylation is 2. The average molecular weight is 459 g/mol. The van der Waals surface area contributed by atoms with Gasteiger partial charge in [-0.25, -0.2) is 13.4 Å². The maximum Gasteiger partial charge on any atom is 0.269 e. The van der Waals surface area contributed by atoms with Crippen molar-refractivity contribution in [2.45, 2.75) is 18.7 Å². The summed E-state index contributed by atoms with van der Waals surface area (Å²) in [5.74, 6) is 0. The first-order valence-corrected chi connectivity index (χ1v) is 12.1. The fourth-order valence-electron chi connectivity index (χ4n) is 3.75. The van der Waals surface area contributed by atoms with Gasteiger partial charge >= 0.3 is 0 Å². The van der Waals surface area contributed by atoms with Gasteiger partial charge in [-0.2, -0.15) is 4.31 Å². The number of hydrogen-bond donors (Lipinski definition) is 0. The molecule has 162 valence electrons. The standard InChI is InChI=1S/C21H22N4O4S2/c1-15-4-3-5-16(2)20(15)19-14-30-21(22-19)23-10-12-24(13-11-23)31(28,29)18-8-6-17(7-9-18)25(26)27/h3-9,14H,10-13H2,1-2H3. The highest BCUT2D eigenvalue weighted by atomic mass is 32.2. The number of nitro groups is 1. The molecule has 1 fully saturated rings. The highest BCUT2D eigenvalue weighted by molar-refractivity contribution is 7.89. The van der Waals surface area contributed by atoms with Gasteiger partial charge in [-0.05, 0) is 37.1 Å². The lowest BCUT2D eigenvalue weighted by atomic mass is 10.0. The van der Waals surface area contributed by atoms with Crippen molar-refractivity contribution >= 4 is 32.2 Å². The third kappa shape index (κ3) is 4.18. The molecule has 8 nitrogen and oxygen atoms in total. The van der Waals surface area contributed by atoms with Crippen LogP contribution in [0.3, 0.4) is 0 Å². The molecule has 0 bridgehead atoms. The van der Waals surface area contributed by atoms with Gasteiger partial charge in [-0.15, -0.1) is 11.3 Å². The molecule has 0 atom stereocenters. The van der Waals surface area contributed by atoms with E-state index in [0.717, 1.165) is 16.4 Å². The first kappa shape index (κ1) is 21.4. The second-order valence-corrected chi connectivity index (χ2v) is 10.2. The number of hydrogen-bond acceptors (Lipinski definition) is 7. The summed E-state index contributed by atoms with van der Waals surface area (Å²) in [5, 5.41) is 13.7. The molecule has 1 aromatic heterocycles. The lowest BCUT2D eigenvalue weighted by Crippen LogP contribution is -2.48. The number of nitro benzene ring substituents is 1. The largest absolute Gasteiger partial charge is 0.345 e. The third-order valence-electron chi connectivity index (χ3n) is 5.42. The molecule has 1 aliphatic rings. The Hall–Kier alpha value is -2.82. The van der Waals surface area contributed by atoms with Crippen LogP contribution in [-0.2, 0) is 10.0 Å². The van der Waals surface area contributed by atoms with E-state index in [1.54, 1.807) is 11.3 Å². The van der Waals surface area contributed by atoms with Crippen LogP contribution >= 0.6 is 11.3 Å². The molecule has 10 heteroatoms. The number of sulfonamides is 1. The molecule has 1 saturated heterocycles. The fourth-order valence-corrected chi connectivity index (χ4v) is 6.04. The predicted molar refractivity (Wildman–Crippen MR) is 121 cm³/mol. The molecular weight excluding hydrogens is 436 g/mol. The Balaban J connectivity index is 1.46. The van der Waals surface area contributed by atoms with E-state index in [9.17, 15) is 18.5 Å². The summed E-state index contributed by atoms with van der Waals surface area (Å²) in [7, 11) is -3.69. The zero-order chi connectivity index (χ0) is 22.2.